The number of fused-ring (bicyclic) bond motifs is 3. The van der Waals surface area contributed by atoms with Crippen LogP contribution in [0.15, 0.2) is 30.3 Å². The van der Waals surface area contributed by atoms with Crippen molar-refractivity contribution in [3.63, 3.8) is 0 Å². The molecule has 144 valence electrons. The number of nitrogens with one attached hydrogen (secondary N) is 2. The van der Waals surface area contributed by atoms with Gasteiger partial charge in [0.2, 0.25) is 0 Å². The number of para-hydroxylation sites is 1. The lowest BCUT2D eigenvalue weighted by Crippen LogP contribution is -2.58. The summed E-state index contributed by atoms with van der Waals surface area (Å²) in [5, 5.41) is 7.32. The highest BCUT2D eigenvalue weighted by molar-refractivity contribution is 7.80. The number of anilines is 1. The van der Waals surface area contributed by atoms with Gasteiger partial charge in [-0.2, -0.15) is 0 Å². The molecule has 0 aliphatic carbocycles. The molecule has 1 aromatic carbocycles. The summed E-state index contributed by atoms with van der Waals surface area (Å²) in [5.41, 5.74) is 1.31. The Hall–Kier alpha value is -1.37. The maximum absolute atomic E-state index is 5.35. The third kappa shape index (κ3) is 5.09. The monoisotopic (exact) mass is 376 g/mol. The van der Waals surface area contributed by atoms with Crippen LogP contribution in [0.5, 0.6) is 0 Å². The van der Waals surface area contributed by atoms with Crippen molar-refractivity contribution in [2.24, 2.45) is 11.8 Å². The van der Waals surface area contributed by atoms with Gasteiger partial charge < -0.3 is 20.3 Å². The number of hydrogen-bond acceptors (Lipinski definition) is 4. The van der Waals surface area contributed by atoms with Crippen LogP contribution in [0.1, 0.15) is 12.8 Å². The van der Waals surface area contributed by atoms with E-state index >= 15 is 0 Å². The first-order chi connectivity index (χ1) is 12.7. The largest absolute Gasteiger partial charge is 0.383 e. The number of benzene rings is 1. The van der Waals surface area contributed by atoms with Crippen LogP contribution in [0.25, 0.3) is 0 Å². The van der Waals surface area contributed by atoms with Gasteiger partial charge in [0.15, 0.2) is 5.11 Å². The van der Waals surface area contributed by atoms with Crippen molar-refractivity contribution in [2.45, 2.75) is 18.9 Å². The lowest BCUT2D eigenvalue weighted by molar-refractivity contribution is 0.00660. The van der Waals surface area contributed by atoms with Crippen LogP contribution < -0.4 is 15.5 Å². The van der Waals surface area contributed by atoms with E-state index in [1.165, 1.54) is 31.6 Å². The summed E-state index contributed by atoms with van der Waals surface area (Å²) >= 11 is 5.35. The molecule has 5 nitrogen and oxygen atoms in total. The highest BCUT2D eigenvalue weighted by Crippen LogP contribution is 2.36. The van der Waals surface area contributed by atoms with Crippen molar-refractivity contribution < 1.29 is 4.74 Å². The van der Waals surface area contributed by atoms with Gasteiger partial charge in [0.05, 0.1) is 6.61 Å². The van der Waals surface area contributed by atoms with Crippen LogP contribution in [0.4, 0.5) is 5.69 Å². The Morgan fingerprint density at radius 3 is 2.81 bits per heavy atom. The van der Waals surface area contributed by atoms with Crippen molar-refractivity contribution in [1.29, 1.82) is 0 Å². The van der Waals surface area contributed by atoms with E-state index in [9.17, 15) is 0 Å². The normalized spacial score (nSPS) is 27.2. The van der Waals surface area contributed by atoms with E-state index in [4.69, 9.17) is 17.0 Å². The van der Waals surface area contributed by atoms with Gasteiger partial charge in [-0.25, -0.2) is 0 Å². The van der Waals surface area contributed by atoms with Crippen LogP contribution >= 0.6 is 12.2 Å². The van der Waals surface area contributed by atoms with E-state index in [2.05, 4.69) is 57.8 Å². The van der Waals surface area contributed by atoms with E-state index in [-0.39, 0.29) is 0 Å². The van der Waals surface area contributed by atoms with Gasteiger partial charge in [0, 0.05) is 52.1 Å². The third-order valence-electron chi connectivity index (χ3n) is 5.81. The van der Waals surface area contributed by atoms with Crippen molar-refractivity contribution in [3.8, 4) is 0 Å². The zero-order valence-electron chi connectivity index (χ0n) is 16.0. The summed E-state index contributed by atoms with van der Waals surface area (Å²) in [4.78, 5) is 5.07. The Morgan fingerprint density at radius 2 is 2.12 bits per heavy atom. The zero-order valence-corrected chi connectivity index (χ0v) is 16.8. The summed E-state index contributed by atoms with van der Waals surface area (Å²) in [6.45, 7) is 5.95. The predicted molar refractivity (Wildman–Crippen MR) is 112 cm³/mol. The second kappa shape index (κ2) is 9.53. The minimum absolute atomic E-state index is 0.606. The number of hydrogen-bond donors (Lipinski definition) is 2. The Kier molecular flexibility index (Phi) is 7.11. The standard InChI is InChI=1S/C20H32N4OS/c1-23(18-6-4-3-5-7-18)14-17-15-24-10-8-16(17)12-19(24)13-22-20(26)21-9-11-25-2/h3-7,16-17,19H,8-15H2,1-2H3,(H2,21,22,26)/t16-,17-,19+/m0/s1. The van der Waals surface area contributed by atoms with Gasteiger partial charge in [0.25, 0.3) is 0 Å². The number of ether oxygens (including phenoxy) is 1. The van der Waals surface area contributed by atoms with Gasteiger partial charge in [-0.05, 0) is 55.6 Å². The zero-order chi connectivity index (χ0) is 18.4. The van der Waals surface area contributed by atoms with Gasteiger partial charge >= 0.3 is 0 Å². The van der Waals surface area contributed by atoms with E-state index < -0.39 is 0 Å². The minimum atomic E-state index is 0.606. The molecule has 26 heavy (non-hydrogen) atoms. The van der Waals surface area contributed by atoms with E-state index in [1.54, 1.807) is 7.11 Å². The third-order valence-corrected chi connectivity index (χ3v) is 6.10. The SMILES string of the molecule is COCCNC(=S)NC[C@H]1C[C@@H]2CC[N@@]1C[C@@H]2CN(C)c1ccccc1. The Morgan fingerprint density at radius 1 is 1.31 bits per heavy atom. The molecule has 4 atom stereocenters. The first kappa shape index (κ1) is 19.4. The Bertz CT molecular complexity index is 570. The second-order valence-corrected chi connectivity index (χ2v) is 7.95. The summed E-state index contributed by atoms with van der Waals surface area (Å²) < 4.78 is 5.04. The molecule has 3 aliphatic rings. The Labute approximate surface area is 163 Å². The Balaban J connectivity index is 1.45. The fourth-order valence-corrected chi connectivity index (χ4v) is 4.53. The molecule has 4 rings (SSSR count). The summed E-state index contributed by atoms with van der Waals surface area (Å²) in [7, 11) is 3.92. The molecule has 0 amide bonds. The average molecular weight is 377 g/mol. The minimum Gasteiger partial charge on any atom is -0.383 e. The van der Waals surface area contributed by atoms with Crippen molar-refractivity contribution >= 4 is 23.0 Å². The number of methoxy groups -OCH3 is 1. The molecule has 0 radical (unpaired) electrons. The molecule has 2 N–H and O–H groups in total. The summed E-state index contributed by atoms with van der Waals surface area (Å²) in [6, 6.07) is 11.3. The topological polar surface area (TPSA) is 39.8 Å². The van der Waals surface area contributed by atoms with E-state index in [0.29, 0.717) is 12.6 Å². The van der Waals surface area contributed by atoms with Crippen molar-refractivity contribution in [1.82, 2.24) is 15.5 Å². The first-order valence-electron chi connectivity index (χ1n) is 9.68. The maximum atomic E-state index is 5.35. The first-order valence-corrected chi connectivity index (χ1v) is 10.1. The van der Waals surface area contributed by atoms with Crippen LogP contribution in [0, 0.1) is 11.8 Å². The highest BCUT2D eigenvalue weighted by Gasteiger charge is 2.40. The molecular formula is C20H32N4OS. The number of nitrogens with zero attached hydrogens (tertiary/aromatic N) is 2. The number of rotatable bonds is 8. The maximum Gasteiger partial charge on any atom is 0.166 e. The predicted octanol–water partition coefficient (Wildman–Crippen LogP) is 1.94. The van der Waals surface area contributed by atoms with Crippen molar-refractivity contribution in [3.05, 3.63) is 30.3 Å². The molecule has 0 saturated carbocycles. The van der Waals surface area contributed by atoms with Crippen LogP contribution in [0.2, 0.25) is 0 Å². The molecule has 0 spiro atoms. The summed E-state index contributed by atoms with van der Waals surface area (Å²) in [6.07, 6.45) is 2.61. The molecule has 6 heteroatoms. The van der Waals surface area contributed by atoms with E-state index in [1.807, 2.05) is 0 Å². The van der Waals surface area contributed by atoms with Crippen LogP contribution in [0.3, 0.4) is 0 Å². The van der Waals surface area contributed by atoms with E-state index in [0.717, 1.165) is 36.6 Å². The molecule has 2 bridgehead atoms. The van der Waals surface area contributed by atoms with Gasteiger partial charge in [-0.1, -0.05) is 18.2 Å². The average Bonchev–Trinajstić information content (AvgIpc) is 2.68. The summed E-state index contributed by atoms with van der Waals surface area (Å²) in [5.74, 6) is 1.59. The van der Waals surface area contributed by atoms with Crippen LogP contribution in [-0.4, -0.2) is 69.5 Å². The van der Waals surface area contributed by atoms with Gasteiger partial charge in [-0.3, -0.25) is 4.90 Å². The molecule has 3 aliphatic heterocycles. The van der Waals surface area contributed by atoms with Crippen LogP contribution in [-0.2, 0) is 4.74 Å². The molecule has 0 aromatic heterocycles. The highest BCUT2D eigenvalue weighted by atomic mass is 32.1. The quantitative estimate of drug-likeness (QED) is 0.534. The molecule has 3 saturated heterocycles. The van der Waals surface area contributed by atoms with Gasteiger partial charge in [0.1, 0.15) is 0 Å². The smallest absolute Gasteiger partial charge is 0.166 e. The molecule has 0 unspecified atom stereocenters. The molecular weight excluding hydrogens is 344 g/mol. The lowest BCUT2D eigenvalue weighted by Gasteiger charge is -2.51. The number of thiocarbonyl (C=S) groups is 1. The molecule has 3 heterocycles. The molecule has 1 aromatic rings. The fraction of sp³-hybridized carbons (Fsp3) is 0.650. The molecule has 3 fully saturated rings. The fourth-order valence-electron chi connectivity index (χ4n) is 4.35. The second-order valence-electron chi connectivity index (χ2n) is 7.54. The lowest BCUT2D eigenvalue weighted by atomic mass is 9.75. The number of piperidine rings is 3. The van der Waals surface area contributed by atoms with Crippen molar-refractivity contribution in [2.75, 3.05) is 58.4 Å². The van der Waals surface area contributed by atoms with Gasteiger partial charge in [-0.15, -0.1) is 0 Å².